The number of hydrogen-bond donors (Lipinski definition) is 2. The average Bonchev–Trinajstić information content (AvgIpc) is 3.33. The van der Waals surface area contributed by atoms with Gasteiger partial charge in [-0.25, -0.2) is 23.1 Å². The van der Waals surface area contributed by atoms with Crippen LogP contribution in [0.5, 0.6) is 0 Å². The molecule has 34 heavy (non-hydrogen) atoms. The monoisotopic (exact) mass is 478 g/mol. The molecular formula is C24H29F3N4O3. The predicted molar refractivity (Wildman–Crippen MR) is 119 cm³/mol. The van der Waals surface area contributed by atoms with Crippen molar-refractivity contribution in [1.29, 1.82) is 0 Å². The van der Waals surface area contributed by atoms with Crippen molar-refractivity contribution in [1.82, 2.24) is 15.3 Å². The van der Waals surface area contributed by atoms with E-state index in [1.807, 2.05) is 0 Å². The molecule has 10 heteroatoms. The maximum absolute atomic E-state index is 14.5. The first-order chi connectivity index (χ1) is 16.4. The second-order valence-corrected chi connectivity index (χ2v) is 8.59. The van der Waals surface area contributed by atoms with Gasteiger partial charge in [0.2, 0.25) is 5.91 Å². The number of amides is 1. The van der Waals surface area contributed by atoms with Crippen LogP contribution in [0, 0.1) is 12.7 Å². The van der Waals surface area contributed by atoms with Gasteiger partial charge in [0.05, 0.1) is 23.8 Å². The molecule has 184 valence electrons. The van der Waals surface area contributed by atoms with Gasteiger partial charge >= 0.3 is 0 Å². The van der Waals surface area contributed by atoms with E-state index >= 15 is 0 Å². The van der Waals surface area contributed by atoms with Crippen LogP contribution >= 0.6 is 0 Å². The van der Waals surface area contributed by atoms with E-state index in [1.165, 1.54) is 12.1 Å². The Balaban J connectivity index is 1.57. The number of carbonyl (C=O) groups excluding carboxylic acids is 1. The summed E-state index contributed by atoms with van der Waals surface area (Å²) in [6, 6.07) is 4.00. The molecule has 1 amide bonds. The number of benzene rings is 1. The van der Waals surface area contributed by atoms with Crippen molar-refractivity contribution in [3.63, 3.8) is 0 Å². The summed E-state index contributed by atoms with van der Waals surface area (Å²) < 4.78 is 51.9. The van der Waals surface area contributed by atoms with Gasteiger partial charge in [-0.05, 0) is 32.6 Å². The summed E-state index contributed by atoms with van der Waals surface area (Å²) in [5, 5.41) is 6.13. The molecule has 2 fully saturated rings. The smallest absolute Gasteiger partial charge is 0.266 e. The largest absolute Gasteiger partial charge is 0.381 e. The van der Waals surface area contributed by atoms with Crippen LogP contribution in [-0.2, 0) is 27.2 Å². The normalized spacial score (nSPS) is 18.9. The first-order valence-electron chi connectivity index (χ1n) is 11.6. The molecule has 3 heterocycles. The maximum Gasteiger partial charge on any atom is 0.266 e. The number of aryl methyl sites for hydroxylation is 1. The fraction of sp³-hybridized carbons (Fsp3) is 0.542. The van der Waals surface area contributed by atoms with Crippen LogP contribution in [0.15, 0.2) is 18.2 Å². The molecule has 1 atom stereocenters. The Hall–Kier alpha value is -2.72. The van der Waals surface area contributed by atoms with Crippen molar-refractivity contribution in [2.24, 2.45) is 0 Å². The van der Waals surface area contributed by atoms with Crippen molar-refractivity contribution in [2.75, 3.05) is 25.1 Å². The van der Waals surface area contributed by atoms with E-state index in [0.29, 0.717) is 42.7 Å². The van der Waals surface area contributed by atoms with E-state index in [0.717, 1.165) is 31.7 Å². The standard InChI is InChI=1S/C24H29F3N4O3/c1-14-29-18(12-20(32)31-16-7-10-33-11-8-16)21(19-6-3-9-34-19)24(30-14)28-13-15-4-2-5-17(22(15)25)23(26)27/h2,4-5,16,19,23H,3,6-13H2,1H3,(H,31,32)(H,28,29,30). The molecule has 0 aliphatic carbocycles. The molecule has 7 nitrogen and oxygen atoms in total. The summed E-state index contributed by atoms with van der Waals surface area (Å²) in [6.07, 6.45) is -0.0100. The molecule has 2 N–H and O–H groups in total. The topological polar surface area (TPSA) is 85.4 Å². The van der Waals surface area contributed by atoms with Crippen molar-refractivity contribution in [3.8, 4) is 0 Å². The van der Waals surface area contributed by atoms with Gasteiger partial charge < -0.3 is 20.1 Å². The van der Waals surface area contributed by atoms with Gasteiger partial charge in [0, 0.05) is 43.5 Å². The van der Waals surface area contributed by atoms with Crippen molar-refractivity contribution >= 4 is 11.7 Å². The Morgan fingerprint density at radius 2 is 1.97 bits per heavy atom. The molecule has 2 aromatic rings. The van der Waals surface area contributed by atoms with Crippen LogP contribution in [0.1, 0.15) is 66.4 Å². The van der Waals surface area contributed by atoms with Gasteiger partial charge in [-0.1, -0.05) is 18.2 Å². The molecule has 2 aliphatic heterocycles. The molecule has 4 rings (SSSR count). The highest BCUT2D eigenvalue weighted by molar-refractivity contribution is 5.79. The number of nitrogens with zero attached hydrogens (tertiary/aromatic N) is 2. The number of halogens is 3. The van der Waals surface area contributed by atoms with E-state index in [-0.39, 0.29) is 36.6 Å². The molecule has 0 radical (unpaired) electrons. The Morgan fingerprint density at radius 3 is 2.68 bits per heavy atom. The zero-order valence-corrected chi connectivity index (χ0v) is 19.1. The summed E-state index contributed by atoms with van der Waals surface area (Å²) in [4.78, 5) is 21.8. The van der Waals surface area contributed by atoms with Crippen LogP contribution < -0.4 is 10.6 Å². The fourth-order valence-electron chi connectivity index (χ4n) is 4.41. The van der Waals surface area contributed by atoms with Gasteiger partial charge in [0.25, 0.3) is 6.43 Å². The fourth-order valence-corrected chi connectivity index (χ4v) is 4.41. The van der Waals surface area contributed by atoms with Crippen LogP contribution in [0.3, 0.4) is 0 Å². The summed E-state index contributed by atoms with van der Waals surface area (Å²) >= 11 is 0. The number of hydrogen-bond acceptors (Lipinski definition) is 6. The van der Waals surface area contributed by atoms with E-state index in [2.05, 4.69) is 20.6 Å². The summed E-state index contributed by atoms with van der Waals surface area (Å²) in [6.45, 7) is 3.49. The molecule has 2 aliphatic rings. The zero-order valence-electron chi connectivity index (χ0n) is 19.1. The second-order valence-electron chi connectivity index (χ2n) is 8.59. The van der Waals surface area contributed by atoms with Crippen molar-refractivity contribution < 1.29 is 27.4 Å². The quantitative estimate of drug-likeness (QED) is 0.593. The maximum atomic E-state index is 14.5. The highest BCUT2D eigenvalue weighted by Gasteiger charge is 2.28. The highest BCUT2D eigenvalue weighted by atomic mass is 19.3. The van der Waals surface area contributed by atoms with Gasteiger partial charge in [-0.15, -0.1) is 0 Å². The number of ether oxygens (including phenoxy) is 2. The van der Waals surface area contributed by atoms with E-state index in [9.17, 15) is 18.0 Å². The third-order valence-electron chi connectivity index (χ3n) is 6.09. The zero-order chi connectivity index (χ0) is 24.1. The van der Waals surface area contributed by atoms with E-state index in [1.54, 1.807) is 6.92 Å². The first kappa shape index (κ1) is 24.4. The minimum Gasteiger partial charge on any atom is -0.381 e. The van der Waals surface area contributed by atoms with Crippen LogP contribution in [0.4, 0.5) is 19.0 Å². The molecule has 0 saturated carbocycles. The minimum atomic E-state index is -2.90. The number of rotatable bonds is 8. The van der Waals surface area contributed by atoms with Crippen LogP contribution in [0.25, 0.3) is 0 Å². The third kappa shape index (κ3) is 5.85. The van der Waals surface area contributed by atoms with Gasteiger partial charge in [-0.2, -0.15) is 0 Å². The molecule has 2 saturated heterocycles. The molecule has 1 aromatic carbocycles. The summed E-state index contributed by atoms with van der Waals surface area (Å²) in [5.41, 5.74) is 0.679. The van der Waals surface area contributed by atoms with Crippen molar-refractivity contribution in [3.05, 3.63) is 52.2 Å². The van der Waals surface area contributed by atoms with E-state index in [4.69, 9.17) is 9.47 Å². The van der Waals surface area contributed by atoms with Gasteiger partial charge in [0.15, 0.2) is 0 Å². The number of nitrogens with one attached hydrogen (secondary N) is 2. The van der Waals surface area contributed by atoms with Gasteiger partial charge in [0.1, 0.15) is 17.5 Å². The Bertz CT molecular complexity index is 1010. The van der Waals surface area contributed by atoms with Crippen LogP contribution in [0.2, 0.25) is 0 Å². The lowest BCUT2D eigenvalue weighted by atomic mass is 10.0. The third-order valence-corrected chi connectivity index (χ3v) is 6.09. The molecule has 0 bridgehead atoms. The van der Waals surface area contributed by atoms with Crippen LogP contribution in [-0.4, -0.2) is 41.7 Å². The lowest BCUT2D eigenvalue weighted by molar-refractivity contribution is -0.121. The molecular weight excluding hydrogens is 449 g/mol. The number of carbonyl (C=O) groups is 1. The SMILES string of the molecule is Cc1nc(CC(=O)NC2CCOCC2)c(C2CCCO2)c(NCc2cccc(C(F)F)c2F)n1. The average molecular weight is 479 g/mol. The Labute approximate surface area is 196 Å². The lowest BCUT2D eigenvalue weighted by Gasteiger charge is -2.24. The number of aromatic nitrogens is 2. The highest BCUT2D eigenvalue weighted by Crippen LogP contribution is 2.35. The lowest BCUT2D eigenvalue weighted by Crippen LogP contribution is -2.40. The van der Waals surface area contributed by atoms with E-state index < -0.39 is 17.8 Å². The summed E-state index contributed by atoms with van der Waals surface area (Å²) in [7, 11) is 0. The number of anilines is 1. The predicted octanol–water partition coefficient (Wildman–Crippen LogP) is 4.16. The van der Waals surface area contributed by atoms with Crippen molar-refractivity contribution in [2.45, 2.75) is 64.1 Å². The second kappa shape index (κ2) is 11.1. The molecule has 0 spiro atoms. The Morgan fingerprint density at radius 1 is 1.18 bits per heavy atom. The minimum absolute atomic E-state index is 0.0454. The summed E-state index contributed by atoms with van der Waals surface area (Å²) in [5.74, 6) is -0.216. The molecule has 1 aromatic heterocycles. The van der Waals surface area contributed by atoms with Gasteiger partial charge in [-0.3, -0.25) is 4.79 Å². The Kier molecular flexibility index (Phi) is 7.99. The first-order valence-corrected chi connectivity index (χ1v) is 11.6. The number of alkyl halides is 2. The molecule has 1 unspecified atom stereocenters.